The van der Waals surface area contributed by atoms with E-state index in [1.165, 1.54) is 0 Å². The Balaban J connectivity index is 2.46. The van der Waals surface area contributed by atoms with Crippen molar-refractivity contribution < 1.29 is 4.79 Å². The van der Waals surface area contributed by atoms with Gasteiger partial charge in [-0.3, -0.25) is 4.79 Å². The van der Waals surface area contributed by atoms with Gasteiger partial charge in [0.15, 0.2) is 0 Å². The highest BCUT2D eigenvalue weighted by Gasteiger charge is 2.12. The highest BCUT2D eigenvalue weighted by molar-refractivity contribution is 6.00. The normalized spacial score (nSPS) is 15.5. The number of hydrogen-bond donors (Lipinski definition) is 2. The second-order valence-corrected chi connectivity index (χ2v) is 2.73. The summed E-state index contributed by atoms with van der Waals surface area (Å²) in [5.74, 6) is 0.00981. The van der Waals surface area contributed by atoms with Crippen LogP contribution in [0, 0.1) is 0 Å². The lowest BCUT2D eigenvalue weighted by Gasteiger charge is -2.03. The molecular formula is C9H10N2O. The molecule has 0 bridgehead atoms. The van der Waals surface area contributed by atoms with E-state index in [1.54, 1.807) is 0 Å². The van der Waals surface area contributed by atoms with Crippen molar-refractivity contribution in [3.63, 3.8) is 0 Å². The maximum absolute atomic E-state index is 11.4. The fraction of sp³-hybridized carbons (Fsp3) is 0.222. The van der Waals surface area contributed by atoms with Crippen LogP contribution >= 0.6 is 0 Å². The molecule has 3 nitrogen and oxygen atoms in total. The van der Waals surface area contributed by atoms with Gasteiger partial charge in [0, 0.05) is 18.8 Å². The summed E-state index contributed by atoms with van der Waals surface area (Å²) in [6.07, 6.45) is 0. The maximum atomic E-state index is 11.4. The van der Waals surface area contributed by atoms with Crippen LogP contribution in [0.2, 0.25) is 0 Å². The maximum Gasteiger partial charge on any atom is 0.253 e. The summed E-state index contributed by atoms with van der Waals surface area (Å²) in [4.78, 5) is 11.4. The van der Waals surface area contributed by atoms with Crippen LogP contribution < -0.4 is 10.6 Å². The Morgan fingerprint density at radius 3 is 2.75 bits per heavy atom. The summed E-state index contributed by atoms with van der Waals surface area (Å²) in [6, 6.07) is 7.53. The highest BCUT2D eigenvalue weighted by atomic mass is 16.1. The standard InChI is InChI=1S/C9H10N2O/c12-9-7-3-1-2-4-8(7)10-5-6-11-9/h1-4,10H,5-6H2,(H,11,12). The molecule has 0 fully saturated rings. The molecule has 0 aromatic heterocycles. The van der Waals surface area contributed by atoms with Crippen molar-refractivity contribution in [1.82, 2.24) is 5.32 Å². The molecule has 1 aromatic carbocycles. The molecular weight excluding hydrogens is 152 g/mol. The van der Waals surface area contributed by atoms with E-state index < -0.39 is 0 Å². The highest BCUT2D eigenvalue weighted by Crippen LogP contribution is 2.15. The zero-order valence-electron chi connectivity index (χ0n) is 6.63. The van der Waals surface area contributed by atoms with Gasteiger partial charge in [-0.2, -0.15) is 0 Å². The van der Waals surface area contributed by atoms with Crippen molar-refractivity contribution >= 4 is 11.6 Å². The Morgan fingerprint density at radius 1 is 1.08 bits per heavy atom. The number of carbonyl (C=O) groups is 1. The summed E-state index contributed by atoms with van der Waals surface area (Å²) >= 11 is 0. The third kappa shape index (κ3) is 1.13. The van der Waals surface area contributed by atoms with Crippen molar-refractivity contribution in [2.24, 2.45) is 0 Å². The topological polar surface area (TPSA) is 41.1 Å². The van der Waals surface area contributed by atoms with Crippen molar-refractivity contribution in [1.29, 1.82) is 0 Å². The lowest BCUT2D eigenvalue weighted by atomic mass is 10.2. The molecule has 1 amide bonds. The third-order valence-corrected chi connectivity index (χ3v) is 1.90. The summed E-state index contributed by atoms with van der Waals surface area (Å²) < 4.78 is 0. The Bertz CT molecular complexity index is 309. The molecule has 12 heavy (non-hydrogen) atoms. The molecule has 0 radical (unpaired) electrons. The number of hydrogen-bond acceptors (Lipinski definition) is 2. The molecule has 1 aliphatic heterocycles. The van der Waals surface area contributed by atoms with E-state index in [0.29, 0.717) is 6.54 Å². The largest absolute Gasteiger partial charge is 0.383 e. The molecule has 2 rings (SSSR count). The van der Waals surface area contributed by atoms with E-state index in [9.17, 15) is 4.79 Å². The van der Waals surface area contributed by atoms with Crippen molar-refractivity contribution in [3.8, 4) is 0 Å². The second-order valence-electron chi connectivity index (χ2n) is 2.73. The zero-order valence-corrected chi connectivity index (χ0v) is 6.63. The van der Waals surface area contributed by atoms with Crippen LogP contribution in [0.5, 0.6) is 0 Å². The Hall–Kier alpha value is -1.51. The molecule has 0 saturated heterocycles. The Kier molecular flexibility index (Phi) is 1.70. The second kappa shape index (κ2) is 2.85. The number of carbonyl (C=O) groups excluding carboxylic acids is 1. The minimum absolute atomic E-state index is 0.00981. The smallest absolute Gasteiger partial charge is 0.253 e. The number of nitrogens with one attached hydrogen (secondary N) is 2. The molecule has 3 heteroatoms. The summed E-state index contributed by atoms with van der Waals surface area (Å²) in [7, 11) is 0. The zero-order chi connectivity index (χ0) is 8.39. The van der Waals surface area contributed by atoms with Crippen LogP contribution in [-0.2, 0) is 0 Å². The Morgan fingerprint density at radius 2 is 1.83 bits per heavy atom. The molecule has 0 spiro atoms. The molecule has 1 aromatic rings. The molecule has 0 unspecified atom stereocenters. The average molecular weight is 162 g/mol. The summed E-state index contributed by atoms with van der Waals surface area (Å²) in [5.41, 5.74) is 1.66. The average Bonchev–Trinajstić information content (AvgIpc) is 2.29. The van der Waals surface area contributed by atoms with E-state index in [4.69, 9.17) is 0 Å². The van der Waals surface area contributed by atoms with Gasteiger partial charge in [-0.05, 0) is 12.1 Å². The van der Waals surface area contributed by atoms with Gasteiger partial charge in [0.1, 0.15) is 0 Å². The van der Waals surface area contributed by atoms with Crippen molar-refractivity contribution in [2.45, 2.75) is 0 Å². The Labute approximate surface area is 70.8 Å². The monoisotopic (exact) mass is 162 g/mol. The first-order valence-electron chi connectivity index (χ1n) is 3.99. The van der Waals surface area contributed by atoms with E-state index in [2.05, 4.69) is 10.6 Å². The lowest BCUT2D eigenvalue weighted by Crippen LogP contribution is -2.24. The lowest BCUT2D eigenvalue weighted by molar-refractivity contribution is 0.0958. The van der Waals surface area contributed by atoms with E-state index >= 15 is 0 Å². The van der Waals surface area contributed by atoms with Crippen LogP contribution in [-0.4, -0.2) is 19.0 Å². The van der Waals surface area contributed by atoms with Gasteiger partial charge < -0.3 is 10.6 Å². The third-order valence-electron chi connectivity index (χ3n) is 1.90. The molecule has 62 valence electrons. The van der Waals surface area contributed by atoms with Gasteiger partial charge >= 0.3 is 0 Å². The van der Waals surface area contributed by atoms with Crippen LogP contribution in [0.15, 0.2) is 24.3 Å². The fourth-order valence-corrected chi connectivity index (χ4v) is 1.30. The van der Waals surface area contributed by atoms with Gasteiger partial charge in [0.05, 0.1) is 5.56 Å². The molecule has 2 N–H and O–H groups in total. The number of anilines is 1. The first kappa shape index (κ1) is 7.16. The number of benzene rings is 1. The minimum Gasteiger partial charge on any atom is -0.383 e. The quantitative estimate of drug-likeness (QED) is 0.593. The fourth-order valence-electron chi connectivity index (χ4n) is 1.30. The number of amides is 1. The van der Waals surface area contributed by atoms with E-state index in [1.807, 2.05) is 24.3 Å². The molecule has 0 saturated carbocycles. The van der Waals surface area contributed by atoms with Gasteiger partial charge in [-0.25, -0.2) is 0 Å². The molecule has 0 atom stereocenters. The predicted molar refractivity (Wildman–Crippen MR) is 47.3 cm³/mol. The van der Waals surface area contributed by atoms with Crippen molar-refractivity contribution in [2.75, 3.05) is 18.4 Å². The van der Waals surface area contributed by atoms with Crippen LogP contribution in [0.3, 0.4) is 0 Å². The number of fused-ring (bicyclic) bond motifs is 1. The van der Waals surface area contributed by atoms with Crippen LogP contribution in [0.4, 0.5) is 5.69 Å². The van der Waals surface area contributed by atoms with E-state index in [0.717, 1.165) is 17.8 Å². The minimum atomic E-state index is 0.00981. The first-order valence-corrected chi connectivity index (χ1v) is 3.99. The number of para-hydroxylation sites is 1. The summed E-state index contributed by atoms with van der Waals surface area (Å²) in [6.45, 7) is 1.48. The van der Waals surface area contributed by atoms with E-state index in [-0.39, 0.29) is 5.91 Å². The van der Waals surface area contributed by atoms with Crippen LogP contribution in [0.25, 0.3) is 0 Å². The summed E-state index contributed by atoms with van der Waals surface area (Å²) in [5, 5.41) is 5.97. The predicted octanol–water partition coefficient (Wildman–Crippen LogP) is 0.842. The van der Waals surface area contributed by atoms with Crippen LogP contribution in [0.1, 0.15) is 10.4 Å². The van der Waals surface area contributed by atoms with Crippen molar-refractivity contribution in [3.05, 3.63) is 29.8 Å². The van der Waals surface area contributed by atoms with Gasteiger partial charge in [-0.15, -0.1) is 0 Å². The molecule has 0 aliphatic carbocycles. The first-order chi connectivity index (χ1) is 5.88. The van der Waals surface area contributed by atoms with Gasteiger partial charge in [0.2, 0.25) is 0 Å². The SMILES string of the molecule is O=C1NCCNc2ccccc21. The number of rotatable bonds is 0. The van der Waals surface area contributed by atoms with Gasteiger partial charge in [0.25, 0.3) is 5.91 Å². The van der Waals surface area contributed by atoms with Gasteiger partial charge in [-0.1, -0.05) is 12.1 Å². The molecule has 1 heterocycles. The molecule has 1 aliphatic rings.